The molecule has 0 bridgehead atoms. The van der Waals surface area contributed by atoms with Crippen LogP contribution in [0.4, 0.5) is 0 Å². The normalized spacial score (nSPS) is 9.62. The maximum Gasteiger partial charge on any atom is 0.188 e. The van der Waals surface area contributed by atoms with Crippen LogP contribution >= 0.6 is 0 Å². The lowest BCUT2D eigenvalue weighted by Gasteiger charge is -2.07. The largest absolute Gasteiger partial charge is 0.466 e. The number of nitrogens with zero attached hydrogens (tertiary/aromatic N) is 1. The predicted octanol–water partition coefficient (Wildman–Crippen LogP) is 0.806. The molecule has 1 aromatic heterocycles. The number of carbonyl (C=O) groups excluding carboxylic acids is 1. The van der Waals surface area contributed by atoms with Gasteiger partial charge in [-0.2, -0.15) is 0 Å². The van der Waals surface area contributed by atoms with Crippen molar-refractivity contribution in [3.63, 3.8) is 0 Å². The van der Waals surface area contributed by atoms with E-state index >= 15 is 0 Å². The van der Waals surface area contributed by atoms with Gasteiger partial charge in [0.2, 0.25) is 0 Å². The second-order valence-electron chi connectivity index (χ2n) is 2.41. The van der Waals surface area contributed by atoms with E-state index in [1.807, 2.05) is 0 Å². The topological polar surface area (TPSA) is 48.4 Å². The highest BCUT2D eigenvalue weighted by atomic mass is 16.7. The van der Waals surface area contributed by atoms with Crippen molar-refractivity contribution in [1.82, 2.24) is 4.98 Å². The smallest absolute Gasteiger partial charge is 0.188 e. The molecule has 0 amide bonds. The number of methoxy groups -OCH3 is 1. The van der Waals surface area contributed by atoms with Gasteiger partial charge in [0, 0.05) is 25.3 Å². The zero-order valence-corrected chi connectivity index (χ0v) is 7.40. The van der Waals surface area contributed by atoms with Gasteiger partial charge >= 0.3 is 0 Å². The lowest BCUT2D eigenvalue weighted by atomic mass is 10.2. The van der Waals surface area contributed by atoms with Crippen molar-refractivity contribution in [2.24, 2.45) is 0 Å². The number of aromatic nitrogens is 1. The second-order valence-corrected chi connectivity index (χ2v) is 2.41. The lowest BCUT2D eigenvalue weighted by Crippen LogP contribution is -2.02. The number of pyridine rings is 1. The van der Waals surface area contributed by atoms with Crippen LogP contribution in [0.2, 0.25) is 0 Å². The van der Waals surface area contributed by atoms with Crippen molar-refractivity contribution in [1.29, 1.82) is 0 Å². The summed E-state index contributed by atoms with van der Waals surface area (Å²) in [7, 11) is 1.54. The van der Waals surface area contributed by atoms with Crippen molar-refractivity contribution in [2.45, 2.75) is 6.42 Å². The van der Waals surface area contributed by atoms with Crippen molar-refractivity contribution in [3.05, 3.63) is 24.0 Å². The van der Waals surface area contributed by atoms with Crippen LogP contribution < -0.4 is 4.74 Å². The summed E-state index contributed by atoms with van der Waals surface area (Å²) in [6.45, 7) is 0.164. The summed E-state index contributed by atoms with van der Waals surface area (Å²) in [6.07, 6.45) is 4.35. The minimum absolute atomic E-state index is 0.164. The Labute approximate surface area is 76.5 Å². The fourth-order valence-corrected chi connectivity index (χ4v) is 0.920. The molecule has 1 aromatic rings. The molecule has 70 valence electrons. The summed E-state index contributed by atoms with van der Waals surface area (Å²) in [5, 5.41) is 0. The van der Waals surface area contributed by atoms with E-state index in [0.717, 1.165) is 11.8 Å². The molecule has 0 atom stereocenters. The molecule has 1 rings (SSSR count). The van der Waals surface area contributed by atoms with Crippen LogP contribution in [-0.2, 0) is 16.0 Å². The Morgan fingerprint density at radius 1 is 1.62 bits per heavy atom. The van der Waals surface area contributed by atoms with Gasteiger partial charge in [0.1, 0.15) is 12.0 Å². The van der Waals surface area contributed by atoms with E-state index in [9.17, 15) is 4.79 Å². The molecule has 1 heterocycles. The molecule has 0 unspecified atom stereocenters. The summed E-state index contributed by atoms with van der Waals surface area (Å²) in [5.74, 6) is 0.594. The Morgan fingerprint density at radius 2 is 2.46 bits per heavy atom. The average Bonchev–Trinajstić information content (AvgIpc) is 2.17. The quantitative estimate of drug-likeness (QED) is 0.498. The third kappa shape index (κ3) is 2.83. The van der Waals surface area contributed by atoms with Crippen molar-refractivity contribution >= 4 is 6.29 Å². The molecule has 13 heavy (non-hydrogen) atoms. The SMILES string of the molecule is COCOc1cnccc1CC=O. The first-order valence-electron chi connectivity index (χ1n) is 3.86. The van der Waals surface area contributed by atoms with Crippen molar-refractivity contribution in [2.75, 3.05) is 13.9 Å². The third-order valence-electron chi connectivity index (χ3n) is 1.51. The van der Waals surface area contributed by atoms with Gasteiger partial charge < -0.3 is 14.3 Å². The van der Waals surface area contributed by atoms with E-state index < -0.39 is 0 Å². The first kappa shape index (κ1) is 9.67. The van der Waals surface area contributed by atoms with Crippen LogP contribution in [0.25, 0.3) is 0 Å². The van der Waals surface area contributed by atoms with Gasteiger partial charge in [-0.3, -0.25) is 4.98 Å². The molecule has 0 aliphatic heterocycles. The Balaban J connectivity index is 2.71. The van der Waals surface area contributed by atoms with Crippen LogP contribution in [0.5, 0.6) is 5.75 Å². The summed E-state index contributed by atoms with van der Waals surface area (Å²) >= 11 is 0. The molecule has 4 nitrogen and oxygen atoms in total. The minimum Gasteiger partial charge on any atom is -0.466 e. The number of aldehydes is 1. The van der Waals surface area contributed by atoms with Gasteiger partial charge in [-0.15, -0.1) is 0 Å². The third-order valence-corrected chi connectivity index (χ3v) is 1.51. The van der Waals surface area contributed by atoms with Gasteiger partial charge in [0.05, 0.1) is 6.20 Å². The van der Waals surface area contributed by atoms with E-state index in [-0.39, 0.29) is 6.79 Å². The molecular weight excluding hydrogens is 170 g/mol. The Morgan fingerprint density at radius 3 is 3.15 bits per heavy atom. The van der Waals surface area contributed by atoms with Crippen LogP contribution in [0.3, 0.4) is 0 Å². The van der Waals surface area contributed by atoms with Crippen molar-refractivity contribution in [3.8, 4) is 5.75 Å². The summed E-state index contributed by atoms with van der Waals surface area (Å²) in [6, 6.07) is 1.75. The molecule has 0 aliphatic rings. The number of ether oxygens (including phenoxy) is 2. The molecular formula is C9H11NO3. The van der Waals surface area contributed by atoms with Crippen molar-refractivity contribution < 1.29 is 14.3 Å². The molecule has 4 heteroatoms. The second kappa shape index (κ2) is 5.27. The van der Waals surface area contributed by atoms with E-state index in [2.05, 4.69) is 4.98 Å². The fourth-order valence-electron chi connectivity index (χ4n) is 0.920. The Bertz CT molecular complexity index is 275. The fraction of sp³-hybridized carbons (Fsp3) is 0.333. The standard InChI is InChI=1S/C9H11NO3/c1-12-7-13-9-6-10-4-2-8(9)3-5-11/h2,4-6H,3,7H2,1H3. The number of rotatable bonds is 5. The van der Waals surface area contributed by atoms with Gasteiger partial charge in [-0.05, 0) is 6.07 Å². The van der Waals surface area contributed by atoms with Crippen LogP contribution in [0.15, 0.2) is 18.5 Å². The molecule has 0 N–H and O–H groups in total. The van der Waals surface area contributed by atoms with Gasteiger partial charge in [0.15, 0.2) is 6.79 Å². The zero-order chi connectivity index (χ0) is 9.52. The number of hydrogen-bond donors (Lipinski definition) is 0. The van der Waals surface area contributed by atoms with E-state index in [0.29, 0.717) is 12.2 Å². The number of carbonyl (C=O) groups is 1. The number of hydrogen-bond acceptors (Lipinski definition) is 4. The zero-order valence-electron chi connectivity index (χ0n) is 7.40. The minimum atomic E-state index is 0.164. The van der Waals surface area contributed by atoms with E-state index in [1.165, 1.54) is 7.11 Å². The van der Waals surface area contributed by atoms with Gasteiger partial charge in [-0.1, -0.05) is 0 Å². The molecule has 0 fully saturated rings. The van der Waals surface area contributed by atoms with Crippen LogP contribution in [0.1, 0.15) is 5.56 Å². The Kier molecular flexibility index (Phi) is 3.92. The van der Waals surface area contributed by atoms with Gasteiger partial charge in [-0.25, -0.2) is 0 Å². The highest BCUT2D eigenvalue weighted by molar-refractivity contribution is 5.56. The van der Waals surface area contributed by atoms with E-state index in [1.54, 1.807) is 18.5 Å². The molecule has 0 saturated heterocycles. The average molecular weight is 181 g/mol. The maximum absolute atomic E-state index is 10.3. The highest BCUT2D eigenvalue weighted by Gasteiger charge is 2.01. The summed E-state index contributed by atoms with van der Waals surface area (Å²) in [4.78, 5) is 14.2. The summed E-state index contributed by atoms with van der Waals surface area (Å²) < 4.78 is 9.94. The van der Waals surface area contributed by atoms with Crippen LogP contribution in [-0.4, -0.2) is 25.2 Å². The predicted molar refractivity (Wildman–Crippen MR) is 46.5 cm³/mol. The summed E-state index contributed by atoms with van der Waals surface area (Å²) in [5.41, 5.74) is 0.821. The monoisotopic (exact) mass is 181 g/mol. The highest BCUT2D eigenvalue weighted by Crippen LogP contribution is 2.15. The Hall–Kier alpha value is -1.42. The molecule has 0 aliphatic carbocycles. The molecule has 0 aromatic carbocycles. The first-order valence-corrected chi connectivity index (χ1v) is 3.86. The lowest BCUT2D eigenvalue weighted by molar-refractivity contribution is -0.107. The molecule has 0 spiro atoms. The molecule has 0 radical (unpaired) electrons. The maximum atomic E-state index is 10.3. The van der Waals surface area contributed by atoms with E-state index in [4.69, 9.17) is 9.47 Å². The first-order chi connectivity index (χ1) is 6.38. The molecule has 0 saturated carbocycles. The van der Waals surface area contributed by atoms with Gasteiger partial charge in [0.25, 0.3) is 0 Å². The van der Waals surface area contributed by atoms with Crippen LogP contribution in [0, 0.1) is 0 Å².